The van der Waals surface area contributed by atoms with Gasteiger partial charge in [-0.3, -0.25) is 4.99 Å². The predicted molar refractivity (Wildman–Crippen MR) is 121 cm³/mol. The second kappa shape index (κ2) is 8.27. The summed E-state index contributed by atoms with van der Waals surface area (Å²) in [6, 6.07) is 9.60. The molecule has 1 atom stereocenters. The third-order valence-corrected chi connectivity index (χ3v) is 6.03. The van der Waals surface area contributed by atoms with E-state index in [1.54, 1.807) is 6.07 Å². The van der Waals surface area contributed by atoms with E-state index in [1.165, 1.54) is 18.2 Å². The highest BCUT2D eigenvalue weighted by molar-refractivity contribution is 6.34. The largest absolute Gasteiger partial charge is 0.435 e. The number of aliphatic imine (C=N–C) groups is 1. The van der Waals surface area contributed by atoms with Crippen LogP contribution >= 0.6 is 23.2 Å². The Kier molecular flexibility index (Phi) is 5.92. The van der Waals surface area contributed by atoms with Gasteiger partial charge in [0.1, 0.15) is 5.84 Å². The van der Waals surface area contributed by atoms with Crippen molar-refractivity contribution in [3.05, 3.63) is 68.7 Å². The van der Waals surface area contributed by atoms with Crippen molar-refractivity contribution in [2.24, 2.45) is 10.1 Å². The lowest BCUT2D eigenvalue weighted by molar-refractivity contribution is -0.275. The molecule has 2 aliphatic rings. The minimum absolute atomic E-state index is 0.0968. The van der Waals surface area contributed by atoms with Crippen LogP contribution in [0, 0.1) is 6.92 Å². The summed E-state index contributed by atoms with van der Waals surface area (Å²) in [6.45, 7) is 1.91. The molecule has 1 saturated carbocycles. The first-order valence-electron chi connectivity index (χ1n) is 10.1. The molecular weight excluding hydrogens is 462 g/mol. The van der Waals surface area contributed by atoms with E-state index in [1.807, 2.05) is 38.1 Å². The summed E-state index contributed by atoms with van der Waals surface area (Å²) >= 11 is 11.9. The van der Waals surface area contributed by atoms with Crippen LogP contribution in [0.1, 0.15) is 41.5 Å². The number of oxime groups is 1. The monoisotopic (exact) mass is 483 g/mol. The summed E-state index contributed by atoms with van der Waals surface area (Å²) in [4.78, 5) is 11.8. The average molecular weight is 484 g/mol. The Morgan fingerprint density at radius 3 is 2.31 bits per heavy atom. The van der Waals surface area contributed by atoms with Gasteiger partial charge in [0.15, 0.2) is 0 Å². The van der Waals surface area contributed by atoms with E-state index in [-0.39, 0.29) is 21.3 Å². The fourth-order valence-corrected chi connectivity index (χ4v) is 4.27. The van der Waals surface area contributed by atoms with Crippen molar-refractivity contribution in [1.29, 1.82) is 0 Å². The maximum absolute atomic E-state index is 14.2. The SMILES string of the molecule is Cc1cc(C2=NOC(c3cc(Cl)cc(Cl)c3)(C(F)(F)F)C2)ccc1C(=NC1CC1)N(C)C. The Balaban J connectivity index is 1.67. The third-order valence-electron chi connectivity index (χ3n) is 5.59. The highest BCUT2D eigenvalue weighted by Crippen LogP contribution is 2.49. The topological polar surface area (TPSA) is 37.2 Å². The zero-order chi connectivity index (χ0) is 23.3. The van der Waals surface area contributed by atoms with Crippen molar-refractivity contribution in [3.8, 4) is 0 Å². The quantitative estimate of drug-likeness (QED) is 0.375. The summed E-state index contributed by atoms with van der Waals surface area (Å²) in [5.41, 5.74) is -0.219. The molecule has 2 aromatic carbocycles. The molecule has 1 fully saturated rings. The van der Waals surface area contributed by atoms with Gasteiger partial charge in [0.2, 0.25) is 0 Å². The van der Waals surface area contributed by atoms with Crippen molar-refractivity contribution < 1.29 is 18.0 Å². The van der Waals surface area contributed by atoms with E-state index in [9.17, 15) is 13.2 Å². The fourth-order valence-electron chi connectivity index (χ4n) is 3.74. The summed E-state index contributed by atoms with van der Waals surface area (Å²) in [7, 11) is 3.86. The Bertz CT molecular complexity index is 1090. The van der Waals surface area contributed by atoms with Gasteiger partial charge >= 0.3 is 6.18 Å². The standard InChI is InChI=1S/C23H22Cl2F3N3O/c1-13-8-14(4-7-19(13)21(31(2)3)29-18-5-6-18)20-12-22(32-30-20,23(26,27)28)15-9-16(24)11-17(25)10-15/h4,7-11,18H,5-6,12H2,1-3H3. The van der Waals surface area contributed by atoms with Crippen molar-refractivity contribution in [2.45, 2.75) is 44.0 Å². The van der Waals surface area contributed by atoms with Crippen LogP contribution in [-0.2, 0) is 10.4 Å². The molecule has 32 heavy (non-hydrogen) atoms. The number of hydrogen-bond donors (Lipinski definition) is 0. The lowest BCUT2D eigenvalue weighted by Gasteiger charge is -2.29. The number of halogens is 5. The highest BCUT2D eigenvalue weighted by atomic mass is 35.5. The molecule has 1 aliphatic carbocycles. The third kappa shape index (κ3) is 4.33. The van der Waals surface area contributed by atoms with Crippen molar-refractivity contribution in [3.63, 3.8) is 0 Å². The zero-order valence-corrected chi connectivity index (χ0v) is 19.3. The van der Waals surface area contributed by atoms with Gasteiger partial charge in [-0.05, 0) is 55.2 Å². The lowest BCUT2D eigenvalue weighted by atomic mass is 9.86. The summed E-state index contributed by atoms with van der Waals surface area (Å²) in [6.07, 6.45) is -3.05. The van der Waals surface area contributed by atoms with Gasteiger partial charge in [-0.25, -0.2) is 0 Å². The van der Waals surface area contributed by atoms with Gasteiger partial charge in [0, 0.05) is 41.7 Å². The average Bonchev–Trinajstić information content (AvgIpc) is 3.38. The minimum atomic E-state index is -4.73. The second-order valence-corrected chi connectivity index (χ2v) is 9.27. The van der Waals surface area contributed by atoms with Crippen LogP contribution in [-0.4, -0.2) is 42.8 Å². The van der Waals surface area contributed by atoms with Gasteiger partial charge in [-0.2, -0.15) is 13.2 Å². The van der Waals surface area contributed by atoms with Crippen LogP contribution in [0.2, 0.25) is 10.0 Å². The van der Waals surface area contributed by atoms with Gasteiger partial charge < -0.3 is 9.74 Å². The van der Waals surface area contributed by atoms with Crippen LogP contribution in [0.4, 0.5) is 13.2 Å². The number of hydrogen-bond acceptors (Lipinski definition) is 3. The molecule has 0 bridgehead atoms. The smallest absolute Gasteiger partial charge is 0.374 e. The summed E-state index contributed by atoms with van der Waals surface area (Å²) < 4.78 is 42.6. The number of nitrogens with zero attached hydrogens (tertiary/aromatic N) is 3. The van der Waals surface area contributed by atoms with Gasteiger partial charge in [0.25, 0.3) is 5.60 Å². The molecule has 1 unspecified atom stereocenters. The van der Waals surface area contributed by atoms with Crippen molar-refractivity contribution in [2.75, 3.05) is 14.1 Å². The Morgan fingerprint density at radius 2 is 1.78 bits per heavy atom. The molecule has 0 amide bonds. The van der Waals surface area contributed by atoms with Crippen LogP contribution in [0.3, 0.4) is 0 Å². The van der Waals surface area contributed by atoms with E-state index in [0.29, 0.717) is 11.6 Å². The van der Waals surface area contributed by atoms with Crippen molar-refractivity contribution in [1.82, 2.24) is 4.90 Å². The van der Waals surface area contributed by atoms with Crippen LogP contribution in [0.25, 0.3) is 0 Å². The number of benzene rings is 2. The van der Waals surface area contributed by atoms with Crippen LogP contribution in [0.15, 0.2) is 46.5 Å². The maximum Gasteiger partial charge on any atom is 0.435 e. The van der Waals surface area contributed by atoms with Crippen LogP contribution < -0.4 is 0 Å². The van der Waals surface area contributed by atoms with Gasteiger partial charge in [-0.1, -0.05) is 40.5 Å². The number of rotatable bonds is 4. The molecule has 170 valence electrons. The fraction of sp³-hybridized carbons (Fsp3) is 0.391. The Hall–Kier alpha value is -2.25. The lowest BCUT2D eigenvalue weighted by Crippen LogP contribution is -2.42. The van der Waals surface area contributed by atoms with Gasteiger partial charge in [-0.15, -0.1) is 0 Å². The molecular formula is C23H22Cl2F3N3O. The number of aryl methyl sites for hydroxylation is 1. The normalized spacial score (nSPS) is 21.4. The number of amidine groups is 1. The molecule has 0 N–H and O–H groups in total. The van der Waals surface area contributed by atoms with Crippen molar-refractivity contribution >= 4 is 34.7 Å². The molecule has 1 heterocycles. The zero-order valence-electron chi connectivity index (χ0n) is 17.8. The first-order chi connectivity index (χ1) is 15.0. The van der Waals surface area contributed by atoms with E-state index < -0.39 is 18.2 Å². The molecule has 4 nitrogen and oxygen atoms in total. The highest BCUT2D eigenvalue weighted by Gasteiger charge is 2.62. The minimum Gasteiger partial charge on any atom is -0.374 e. The first-order valence-corrected chi connectivity index (χ1v) is 10.9. The van der Waals surface area contributed by atoms with Gasteiger partial charge in [0.05, 0.1) is 11.8 Å². The molecule has 0 aromatic heterocycles. The molecule has 0 radical (unpaired) electrons. The Morgan fingerprint density at radius 1 is 1.12 bits per heavy atom. The van der Waals surface area contributed by atoms with E-state index in [2.05, 4.69) is 5.16 Å². The predicted octanol–water partition coefficient (Wildman–Crippen LogP) is 6.35. The molecule has 0 spiro atoms. The molecule has 9 heteroatoms. The maximum atomic E-state index is 14.2. The van der Waals surface area contributed by atoms with E-state index in [0.717, 1.165) is 29.8 Å². The first kappa shape index (κ1) is 22.9. The van der Waals surface area contributed by atoms with E-state index >= 15 is 0 Å². The summed E-state index contributed by atoms with van der Waals surface area (Å²) in [5, 5.41) is 4.03. The Labute approximate surface area is 194 Å². The molecule has 0 saturated heterocycles. The van der Waals surface area contributed by atoms with E-state index in [4.69, 9.17) is 33.0 Å². The number of alkyl halides is 3. The molecule has 2 aromatic rings. The molecule has 1 aliphatic heterocycles. The van der Waals surface area contributed by atoms with Crippen LogP contribution in [0.5, 0.6) is 0 Å². The summed E-state index contributed by atoms with van der Waals surface area (Å²) in [5.74, 6) is 0.861. The second-order valence-electron chi connectivity index (χ2n) is 8.40. The molecule has 4 rings (SSSR count).